The van der Waals surface area contributed by atoms with E-state index in [0.29, 0.717) is 24.4 Å². The number of likely N-dealkylation sites (tertiary alicyclic amines) is 1. The Morgan fingerprint density at radius 2 is 2.38 bits per heavy atom. The third-order valence-corrected chi connectivity index (χ3v) is 3.21. The molecule has 0 aliphatic carbocycles. The highest BCUT2D eigenvalue weighted by Crippen LogP contribution is 2.25. The van der Waals surface area contributed by atoms with Crippen molar-refractivity contribution in [2.75, 3.05) is 13.1 Å². The van der Waals surface area contributed by atoms with E-state index in [0.717, 1.165) is 18.8 Å². The molecule has 0 bridgehead atoms. The van der Waals surface area contributed by atoms with Crippen molar-refractivity contribution in [3.63, 3.8) is 0 Å². The van der Waals surface area contributed by atoms with Gasteiger partial charge in [0.25, 0.3) is 0 Å². The molecule has 2 heterocycles. The summed E-state index contributed by atoms with van der Waals surface area (Å²) in [6, 6.07) is 0.587. The average molecular weight is 224 g/mol. The van der Waals surface area contributed by atoms with Gasteiger partial charge in [-0.05, 0) is 33.2 Å². The zero-order valence-electron chi connectivity index (χ0n) is 10.0. The van der Waals surface area contributed by atoms with Gasteiger partial charge in [0.15, 0.2) is 5.82 Å². The molecule has 1 unspecified atom stereocenters. The van der Waals surface area contributed by atoms with Crippen LogP contribution in [0.15, 0.2) is 4.52 Å². The molecule has 5 nitrogen and oxygen atoms in total. The van der Waals surface area contributed by atoms with E-state index in [4.69, 9.17) is 10.3 Å². The largest absolute Gasteiger partial charge is 0.338 e. The van der Waals surface area contributed by atoms with Gasteiger partial charge in [0.2, 0.25) is 5.89 Å². The van der Waals surface area contributed by atoms with Crippen LogP contribution in [-0.2, 0) is 6.54 Å². The maximum atomic E-state index is 5.46. The first-order chi connectivity index (χ1) is 7.70. The van der Waals surface area contributed by atoms with E-state index in [1.54, 1.807) is 0 Å². The van der Waals surface area contributed by atoms with Crippen molar-refractivity contribution in [3.05, 3.63) is 11.7 Å². The van der Waals surface area contributed by atoms with E-state index in [1.807, 2.05) is 0 Å². The molecule has 1 aliphatic rings. The maximum Gasteiger partial charge on any atom is 0.240 e. The van der Waals surface area contributed by atoms with Gasteiger partial charge in [-0.25, -0.2) is 0 Å². The van der Waals surface area contributed by atoms with Crippen LogP contribution in [0.5, 0.6) is 0 Å². The summed E-state index contributed by atoms with van der Waals surface area (Å²) in [6.07, 6.45) is 2.35. The molecule has 1 saturated heterocycles. The Bertz CT molecular complexity index is 336. The molecule has 5 heteroatoms. The molecule has 0 aromatic carbocycles. The fraction of sp³-hybridized carbons (Fsp3) is 0.818. The highest BCUT2D eigenvalue weighted by atomic mass is 16.5. The number of hydrogen-bond donors (Lipinski definition) is 1. The predicted octanol–water partition coefficient (Wildman–Crippen LogP) is 1.12. The van der Waals surface area contributed by atoms with Gasteiger partial charge >= 0.3 is 0 Å². The van der Waals surface area contributed by atoms with Gasteiger partial charge in [-0.3, -0.25) is 0 Å². The Morgan fingerprint density at radius 1 is 1.56 bits per heavy atom. The molecule has 1 aliphatic heterocycles. The molecular weight excluding hydrogens is 204 g/mol. The fourth-order valence-corrected chi connectivity index (χ4v) is 2.20. The number of aromatic nitrogens is 2. The first kappa shape index (κ1) is 11.5. The predicted molar refractivity (Wildman–Crippen MR) is 60.9 cm³/mol. The molecule has 1 atom stereocenters. The van der Waals surface area contributed by atoms with E-state index in [-0.39, 0.29) is 0 Å². The first-order valence-corrected chi connectivity index (χ1v) is 5.97. The van der Waals surface area contributed by atoms with Crippen molar-refractivity contribution in [1.29, 1.82) is 0 Å². The maximum absolute atomic E-state index is 5.46. The van der Waals surface area contributed by atoms with Gasteiger partial charge in [0.05, 0.1) is 6.54 Å². The zero-order chi connectivity index (χ0) is 11.5. The third kappa shape index (κ3) is 2.41. The van der Waals surface area contributed by atoms with Crippen LogP contribution in [0.25, 0.3) is 0 Å². The normalized spacial score (nSPS) is 22.9. The fourth-order valence-electron chi connectivity index (χ4n) is 2.20. The molecule has 2 rings (SSSR count). The van der Waals surface area contributed by atoms with Gasteiger partial charge in [0, 0.05) is 18.5 Å². The van der Waals surface area contributed by atoms with Gasteiger partial charge in [0.1, 0.15) is 0 Å². The molecule has 0 spiro atoms. The average Bonchev–Trinajstić information content (AvgIpc) is 2.77. The first-order valence-electron chi connectivity index (χ1n) is 5.97. The quantitative estimate of drug-likeness (QED) is 0.833. The Morgan fingerprint density at radius 3 is 3.00 bits per heavy atom. The van der Waals surface area contributed by atoms with Gasteiger partial charge < -0.3 is 15.2 Å². The molecule has 2 N–H and O–H groups in total. The molecule has 90 valence electrons. The van der Waals surface area contributed by atoms with Crippen LogP contribution in [0.4, 0.5) is 0 Å². The molecule has 0 saturated carbocycles. The van der Waals surface area contributed by atoms with Crippen LogP contribution in [0.2, 0.25) is 0 Å². The molecule has 16 heavy (non-hydrogen) atoms. The lowest BCUT2D eigenvalue weighted by atomic mass is 9.96. The molecule has 1 aromatic rings. The summed E-state index contributed by atoms with van der Waals surface area (Å²) < 4.78 is 5.06. The zero-order valence-corrected chi connectivity index (χ0v) is 10.0. The summed E-state index contributed by atoms with van der Waals surface area (Å²) in [5, 5.41) is 4.01. The number of hydrogen-bond acceptors (Lipinski definition) is 5. The summed E-state index contributed by atoms with van der Waals surface area (Å²) in [5.74, 6) is 1.77. The summed E-state index contributed by atoms with van der Waals surface area (Å²) in [7, 11) is 0. The minimum absolute atomic E-state index is 0.327. The van der Waals surface area contributed by atoms with Crippen LogP contribution in [0.1, 0.15) is 44.3 Å². The number of rotatable bonds is 3. The standard InChI is InChI=1S/C11H20N4O/c1-8(2)15-5-3-4-9(7-15)11-13-10(6-12)16-14-11/h8-9H,3-7,12H2,1-2H3. The summed E-state index contributed by atoms with van der Waals surface area (Å²) in [5.41, 5.74) is 5.46. The van der Waals surface area contributed by atoms with Crippen LogP contribution in [0, 0.1) is 0 Å². The number of nitrogens with two attached hydrogens (primary N) is 1. The minimum atomic E-state index is 0.327. The smallest absolute Gasteiger partial charge is 0.240 e. The number of piperidine rings is 1. The van der Waals surface area contributed by atoms with Crippen molar-refractivity contribution in [1.82, 2.24) is 15.0 Å². The van der Waals surface area contributed by atoms with Crippen molar-refractivity contribution in [2.24, 2.45) is 5.73 Å². The Labute approximate surface area is 96.0 Å². The lowest BCUT2D eigenvalue weighted by Crippen LogP contribution is -2.39. The molecule has 0 radical (unpaired) electrons. The highest BCUT2D eigenvalue weighted by Gasteiger charge is 2.26. The van der Waals surface area contributed by atoms with Crippen molar-refractivity contribution >= 4 is 0 Å². The van der Waals surface area contributed by atoms with Crippen LogP contribution in [0.3, 0.4) is 0 Å². The van der Waals surface area contributed by atoms with E-state index in [9.17, 15) is 0 Å². The van der Waals surface area contributed by atoms with Gasteiger partial charge in [-0.1, -0.05) is 5.16 Å². The highest BCUT2D eigenvalue weighted by molar-refractivity contribution is 4.98. The summed E-state index contributed by atoms with van der Waals surface area (Å²) in [4.78, 5) is 6.78. The van der Waals surface area contributed by atoms with E-state index in [1.165, 1.54) is 13.0 Å². The van der Waals surface area contributed by atoms with Crippen LogP contribution >= 0.6 is 0 Å². The second-order valence-electron chi connectivity index (χ2n) is 4.68. The molecule has 0 amide bonds. The van der Waals surface area contributed by atoms with Crippen molar-refractivity contribution in [2.45, 2.75) is 45.2 Å². The lowest BCUT2D eigenvalue weighted by molar-refractivity contribution is 0.163. The minimum Gasteiger partial charge on any atom is -0.338 e. The SMILES string of the molecule is CC(C)N1CCCC(c2noc(CN)n2)C1. The van der Waals surface area contributed by atoms with Gasteiger partial charge in [-0.15, -0.1) is 0 Å². The molecule has 1 aromatic heterocycles. The second kappa shape index (κ2) is 4.93. The van der Waals surface area contributed by atoms with Crippen molar-refractivity contribution in [3.8, 4) is 0 Å². The van der Waals surface area contributed by atoms with Crippen LogP contribution in [-0.4, -0.2) is 34.2 Å². The Balaban J connectivity index is 2.03. The van der Waals surface area contributed by atoms with E-state index >= 15 is 0 Å². The topological polar surface area (TPSA) is 68.2 Å². The van der Waals surface area contributed by atoms with Gasteiger partial charge in [-0.2, -0.15) is 4.98 Å². The summed E-state index contributed by atoms with van der Waals surface area (Å²) >= 11 is 0. The third-order valence-electron chi connectivity index (χ3n) is 3.21. The van der Waals surface area contributed by atoms with Crippen LogP contribution < -0.4 is 5.73 Å². The summed E-state index contributed by atoms with van der Waals surface area (Å²) in [6.45, 7) is 6.98. The van der Waals surface area contributed by atoms with Crippen molar-refractivity contribution < 1.29 is 4.52 Å². The molecule has 1 fully saturated rings. The monoisotopic (exact) mass is 224 g/mol. The van der Waals surface area contributed by atoms with E-state index < -0.39 is 0 Å². The molecular formula is C11H20N4O. The van der Waals surface area contributed by atoms with E-state index in [2.05, 4.69) is 28.9 Å². The lowest BCUT2D eigenvalue weighted by Gasteiger charge is -2.34. The second-order valence-corrected chi connectivity index (χ2v) is 4.68. The number of nitrogens with zero attached hydrogens (tertiary/aromatic N) is 3. The Kier molecular flexibility index (Phi) is 3.56. The Hall–Kier alpha value is -0.940.